The van der Waals surface area contributed by atoms with Crippen molar-refractivity contribution in [3.63, 3.8) is 0 Å². The molecule has 0 heterocycles. The van der Waals surface area contributed by atoms with E-state index in [1.54, 1.807) is 0 Å². The van der Waals surface area contributed by atoms with E-state index in [1.165, 1.54) is 6.42 Å². The van der Waals surface area contributed by atoms with Crippen molar-refractivity contribution in [3.8, 4) is 0 Å². The number of hydrogen-bond acceptors (Lipinski definition) is 1. The zero-order valence-corrected chi connectivity index (χ0v) is 6.19. The molecule has 0 rings (SSSR count). The van der Waals surface area contributed by atoms with Gasteiger partial charge in [0, 0.05) is 0 Å². The van der Waals surface area contributed by atoms with Gasteiger partial charge in [-0.1, -0.05) is 13.3 Å². The van der Waals surface area contributed by atoms with Gasteiger partial charge in [0.2, 0.25) is 0 Å². The maximum atomic E-state index is 7.94. The summed E-state index contributed by atoms with van der Waals surface area (Å²) in [7, 11) is 0. The minimum atomic E-state index is 1.07. The second-order valence-corrected chi connectivity index (χ2v) is 0.854. The molecule has 2 heteroatoms. The van der Waals surface area contributed by atoms with Crippen molar-refractivity contribution in [2.45, 2.75) is 19.8 Å². The summed E-state index contributed by atoms with van der Waals surface area (Å²) >= 11 is 2.31. The van der Waals surface area contributed by atoms with E-state index < -0.39 is 0 Å². The second kappa shape index (κ2) is 61.5. The third-order valence-corrected chi connectivity index (χ3v) is 0.354. The third-order valence-electron chi connectivity index (χ3n) is 0.354. The molecular weight excluding hydrogens is 147 g/mol. The molecule has 0 N–H and O–H groups in total. The molecule has 0 bridgehead atoms. The molecule has 0 saturated heterocycles. The van der Waals surface area contributed by atoms with Crippen LogP contribution in [0, 0.1) is 13.5 Å². The standard InChI is InChI=1S/C4H9.C2H3.Co.O/c1-3-4-2;1-2;;/h1,3-4H2,2H3;1H,2H2;;/q2*-1;;. The molecule has 0 saturated carbocycles. The molecule has 8 heavy (non-hydrogen) atoms. The Hall–Kier alpha value is 0.0465. The molecule has 0 atom stereocenters. The van der Waals surface area contributed by atoms with Crippen LogP contribution in [0.5, 0.6) is 0 Å². The van der Waals surface area contributed by atoms with Gasteiger partial charge in [-0.05, 0) is 0 Å². The Balaban J connectivity index is -0.0000000542. The molecule has 0 aliphatic heterocycles. The summed E-state index contributed by atoms with van der Waals surface area (Å²) in [4.78, 5) is 0. The predicted octanol–water partition coefficient (Wildman–Crippen LogP) is 2.10. The van der Waals surface area contributed by atoms with E-state index >= 15 is 0 Å². The van der Waals surface area contributed by atoms with Crippen LogP contribution in [0.4, 0.5) is 0 Å². The first-order chi connectivity index (χ1) is 3.91. The molecule has 0 aromatic rings. The van der Waals surface area contributed by atoms with Crippen molar-refractivity contribution in [2.24, 2.45) is 0 Å². The average molecular weight is 159 g/mol. The Morgan fingerprint density at radius 3 is 1.75 bits per heavy atom. The molecule has 53 valence electrons. The van der Waals surface area contributed by atoms with Crippen LogP contribution in [0.3, 0.4) is 0 Å². The van der Waals surface area contributed by atoms with Gasteiger partial charge in [0.1, 0.15) is 0 Å². The van der Waals surface area contributed by atoms with Crippen LogP contribution in [0.15, 0.2) is 6.58 Å². The Kier molecular flexibility index (Phi) is 121. The zero-order valence-electron chi connectivity index (χ0n) is 5.15. The van der Waals surface area contributed by atoms with Gasteiger partial charge in [-0.3, -0.25) is 6.58 Å². The summed E-state index contributed by atoms with van der Waals surface area (Å²) in [5, 5.41) is 0. The van der Waals surface area contributed by atoms with Crippen LogP contribution in [-0.4, -0.2) is 0 Å². The van der Waals surface area contributed by atoms with Crippen LogP contribution >= 0.6 is 0 Å². The molecule has 0 spiro atoms. The molecule has 0 fully saturated rings. The summed E-state index contributed by atoms with van der Waals surface area (Å²) < 4.78 is 7.94. The van der Waals surface area contributed by atoms with Crippen LogP contribution in [-0.2, 0) is 19.5 Å². The average Bonchev–Trinajstić information content (AvgIpc) is 1.96. The Morgan fingerprint density at radius 1 is 1.62 bits per heavy atom. The summed E-state index contributed by atoms with van der Waals surface area (Å²) in [6.07, 6.45) is 2.28. The third kappa shape index (κ3) is 141. The summed E-state index contributed by atoms with van der Waals surface area (Å²) in [5.41, 5.74) is 0. The first-order valence-electron chi connectivity index (χ1n) is 2.25. The number of hydrogen-bond donors (Lipinski definition) is 0. The molecule has 0 aliphatic carbocycles. The molecule has 1 nitrogen and oxygen atoms in total. The summed E-state index contributed by atoms with van der Waals surface area (Å²) in [5.74, 6) is 0. The van der Waals surface area contributed by atoms with Gasteiger partial charge in [0.25, 0.3) is 0 Å². The Labute approximate surface area is 60.0 Å². The molecule has 0 aromatic carbocycles. The molecule has 0 aromatic heterocycles. The van der Waals surface area contributed by atoms with Crippen molar-refractivity contribution in [1.82, 2.24) is 0 Å². The fraction of sp³-hybridized carbons (Fsp3) is 0.500. The van der Waals surface area contributed by atoms with E-state index in [2.05, 4.69) is 42.7 Å². The van der Waals surface area contributed by atoms with Crippen LogP contribution in [0.1, 0.15) is 19.8 Å². The maximum absolute atomic E-state index is 7.94. The van der Waals surface area contributed by atoms with Crippen molar-refractivity contribution in [1.29, 1.82) is 0 Å². The van der Waals surface area contributed by atoms with Crippen LogP contribution in [0.2, 0.25) is 0 Å². The topological polar surface area (TPSA) is 17.1 Å². The van der Waals surface area contributed by atoms with Crippen molar-refractivity contribution < 1.29 is 19.5 Å². The molecule has 0 aliphatic rings. The van der Waals surface area contributed by atoms with E-state index in [0.717, 1.165) is 6.42 Å². The van der Waals surface area contributed by atoms with E-state index in [1.807, 2.05) is 0 Å². The normalized spacial score (nSPS) is 4.88. The van der Waals surface area contributed by atoms with Crippen LogP contribution < -0.4 is 0 Å². The van der Waals surface area contributed by atoms with Gasteiger partial charge < -0.3 is 13.5 Å². The first kappa shape index (κ1) is 15.7. The second-order valence-electron chi connectivity index (χ2n) is 0.854. The monoisotopic (exact) mass is 159 g/mol. The zero-order chi connectivity index (χ0) is 7.41. The van der Waals surface area contributed by atoms with Gasteiger partial charge >= 0.3 is 19.5 Å². The predicted molar refractivity (Wildman–Crippen MR) is 30.9 cm³/mol. The minimum absolute atomic E-state index is 1.07. The fourth-order valence-corrected chi connectivity index (χ4v) is 0. The van der Waals surface area contributed by atoms with E-state index in [9.17, 15) is 0 Å². The van der Waals surface area contributed by atoms with Crippen molar-refractivity contribution in [3.05, 3.63) is 20.1 Å². The van der Waals surface area contributed by atoms with Crippen molar-refractivity contribution in [2.75, 3.05) is 0 Å². The summed E-state index contributed by atoms with van der Waals surface area (Å²) in [6, 6.07) is 0. The van der Waals surface area contributed by atoms with Gasteiger partial charge in [-0.2, -0.15) is 6.42 Å². The van der Waals surface area contributed by atoms with E-state index in [0.29, 0.717) is 0 Å². The van der Waals surface area contributed by atoms with Gasteiger partial charge in [-0.15, -0.1) is 0 Å². The van der Waals surface area contributed by atoms with Crippen LogP contribution in [0.25, 0.3) is 0 Å². The quantitative estimate of drug-likeness (QED) is 0.535. The van der Waals surface area contributed by atoms with Gasteiger partial charge in [0.05, 0.1) is 0 Å². The molecule has 0 amide bonds. The number of unbranched alkanes of at least 4 members (excludes halogenated alkanes) is 1. The molecule has 0 radical (unpaired) electrons. The molecular formula is C6H12CoO-2. The Bertz CT molecular complexity index is 20.5. The SMILES string of the molecule is [CH-]=C.[CH2-]CCC.[O]=[Co]. The van der Waals surface area contributed by atoms with Crippen molar-refractivity contribution >= 4 is 0 Å². The molecule has 0 unspecified atom stereocenters. The Morgan fingerprint density at radius 2 is 1.75 bits per heavy atom. The van der Waals surface area contributed by atoms with Gasteiger partial charge in [-0.25, -0.2) is 0 Å². The fourth-order valence-electron chi connectivity index (χ4n) is 0. The van der Waals surface area contributed by atoms with E-state index in [4.69, 9.17) is 3.87 Å². The number of rotatable bonds is 1. The van der Waals surface area contributed by atoms with Gasteiger partial charge in [0.15, 0.2) is 0 Å². The first-order valence-corrected chi connectivity index (χ1v) is 2.68. The summed E-state index contributed by atoms with van der Waals surface area (Å²) in [6.45, 7) is 12.7. The van der Waals surface area contributed by atoms with E-state index in [-0.39, 0.29) is 0 Å².